The smallest absolute Gasteiger partial charge is 0.151 e. The lowest BCUT2D eigenvalue weighted by Gasteiger charge is -2.27. The third-order valence-corrected chi connectivity index (χ3v) is 5.79. The van der Waals surface area contributed by atoms with Crippen molar-refractivity contribution in [3.8, 4) is 5.69 Å². The summed E-state index contributed by atoms with van der Waals surface area (Å²) in [6, 6.07) is 7.01. The zero-order valence-electron chi connectivity index (χ0n) is 15.7. The molecule has 1 aromatic carbocycles. The Hall–Kier alpha value is -2.25. The fraction of sp³-hybridized carbons (Fsp3) is 0.450. The highest BCUT2D eigenvalue weighted by Crippen LogP contribution is 2.40. The van der Waals surface area contributed by atoms with E-state index >= 15 is 0 Å². The van der Waals surface area contributed by atoms with Crippen LogP contribution in [0.25, 0.3) is 5.69 Å². The van der Waals surface area contributed by atoms with Crippen LogP contribution in [0.2, 0.25) is 0 Å². The van der Waals surface area contributed by atoms with Gasteiger partial charge in [-0.05, 0) is 56.4 Å². The van der Waals surface area contributed by atoms with Crippen LogP contribution in [0.15, 0.2) is 28.8 Å². The summed E-state index contributed by atoms with van der Waals surface area (Å²) in [4.78, 5) is 0. The average Bonchev–Trinajstić information content (AvgIpc) is 3.25. The lowest BCUT2D eigenvalue weighted by Crippen LogP contribution is -2.17. The van der Waals surface area contributed by atoms with E-state index in [1.54, 1.807) is 6.07 Å². The van der Waals surface area contributed by atoms with E-state index in [-0.39, 0.29) is 18.2 Å². The molecule has 1 aliphatic heterocycles. The third kappa shape index (κ3) is 3.33. The van der Waals surface area contributed by atoms with Crippen molar-refractivity contribution in [2.75, 3.05) is 0 Å². The highest BCUT2D eigenvalue weighted by atomic mass is 35.5. The SMILES string of the molecule is Cc1cc(C2CCC(c3nnc4n3-c3ccc(F)cc3CNC4)CC2)no1.Cl. The van der Waals surface area contributed by atoms with E-state index in [2.05, 4.69) is 25.2 Å². The molecule has 0 saturated heterocycles. The van der Waals surface area contributed by atoms with Gasteiger partial charge in [0, 0.05) is 24.4 Å². The molecule has 3 aromatic rings. The molecular formula is C20H23ClFN5O. The highest BCUT2D eigenvalue weighted by Gasteiger charge is 2.30. The summed E-state index contributed by atoms with van der Waals surface area (Å²) in [5.41, 5.74) is 3.00. The molecule has 5 rings (SSSR count). The second-order valence-electron chi connectivity index (χ2n) is 7.60. The van der Waals surface area contributed by atoms with Crippen molar-refractivity contribution >= 4 is 12.4 Å². The van der Waals surface area contributed by atoms with E-state index in [4.69, 9.17) is 4.52 Å². The van der Waals surface area contributed by atoms with Crippen LogP contribution < -0.4 is 5.32 Å². The molecule has 28 heavy (non-hydrogen) atoms. The molecular weight excluding hydrogens is 381 g/mol. The molecule has 1 saturated carbocycles. The molecule has 3 heterocycles. The molecule has 1 N–H and O–H groups in total. The second kappa shape index (κ2) is 7.64. The molecule has 0 atom stereocenters. The maximum Gasteiger partial charge on any atom is 0.151 e. The number of aryl methyl sites for hydroxylation is 1. The first-order valence-corrected chi connectivity index (χ1v) is 9.56. The zero-order chi connectivity index (χ0) is 18.4. The minimum atomic E-state index is -0.211. The summed E-state index contributed by atoms with van der Waals surface area (Å²) in [7, 11) is 0. The highest BCUT2D eigenvalue weighted by molar-refractivity contribution is 5.85. The molecule has 0 amide bonds. The van der Waals surface area contributed by atoms with Gasteiger partial charge >= 0.3 is 0 Å². The zero-order valence-corrected chi connectivity index (χ0v) is 16.5. The summed E-state index contributed by atoms with van der Waals surface area (Å²) in [5.74, 6) is 3.35. The molecule has 0 unspecified atom stereocenters. The Labute approximate surface area is 168 Å². The summed E-state index contributed by atoms with van der Waals surface area (Å²) in [5, 5.41) is 16.5. The van der Waals surface area contributed by atoms with Crippen LogP contribution in [0.5, 0.6) is 0 Å². The largest absolute Gasteiger partial charge is 0.361 e. The molecule has 0 radical (unpaired) electrons. The maximum absolute atomic E-state index is 13.7. The normalized spacial score (nSPS) is 21.4. The first kappa shape index (κ1) is 19.1. The fourth-order valence-electron chi connectivity index (χ4n) is 4.42. The summed E-state index contributed by atoms with van der Waals surface area (Å²) in [6.45, 7) is 3.20. The van der Waals surface area contributed by atoms with E-state index < -0.39 is 0 Å². The number of hydrogen-bond donors (Lipinski definition) is 1. The fourth-order valence-corrected chi connectivity index (χ4v) is 4.42. The van der Waals surface area contributed by atoms with E-state index in [0.29, 0.717) is 24.9 Å². The number of nitrogens with one attached hydrogen (secondary N) is 1. The maximum atomic E-state index is 13.7. The first-order valence-electron chi connectivity index (χ1n) is 9.56. The summed E-state index contributed by atoms with van der Waals surface area (Å²) >= 11 is 0. The molecule has 0 bridgehead atoms. The molecule has 6 nitrogen and oxygen atoms in total. The molecule has 1 aliphatic carbocycles. The summed E-state index contributed by atoms with van der Waals surface area (Å²) in [6.07, 6.45) is 4.21. The minimum Gasteiger partial charge on any atom is -0.361 e. The number of hydrogen-bond acceptors (Lipinski definition) is 5. The number of fused-ring (bicyclic) bond motifs is 3. The van der Waals surface area contributed by atoms with Crippen LogP contribution in [0, 0.1) is 12.7 Å². The predicted octanol–water partition coefficient (Wildman–Crippen LogP) is 4.17. The van der Waals surface area contributed by atoms with E-state index in [1.807, 2.05) is 19.1 Å². The Balaban J connectivity index is 0.00000192. The Morgan fingerprint density at radius 2 is 1.86 bits per heavy atom. The number of rotatable bonds is 2. The van der Waals surface area contributed by atoms with Gasteiger partial charge in [-0.25, -0.2) is 4.39 Å². The van der Waals surface area contributed by atoms with Gasteiger partial charge in [-0.3, -0.25) is 4.57 Å². The molecule has 148 valence electrons. The molecule has 2 aromatic heterocycles. The number of benzene rings is 1. The number of nitrogens with zero attached hydrogens (tertiary/aromatic N) is 4. The Morgan fingerprint density at radius 1 is 1.07 bits per heavy atom. The second-order valence-corrected chi connectivity index (χ2v) is 7.60. The van der Waals surface area contributed by atoms with Crippen molar-refractivity contribution in [3.05, 3.63) is 58.7 Å². The Kier molecular flexibility index (Phi) is 5.21. The number of halogens is 2. The van der Waals surface area contributed by atoms with Crippen molar-refractivity contribution in [1.82, 2.24) is 25.2 Å². The van der Waals surface area contributed by atoms with Crippen molar-refractivity contribution in [3.63, 3.8) is 0 Å². The van der Waals surface area contributed by atoms with Gasteiger partial charge in [-0.2, -0.15) is 0 Å². The average molecular weight is 404 g/mol. The van der Waals surface area contributed by atoms with Gasteiger partial charge < -0.3 is 9.84 Å². The predicted molar refractivity (Wildman–Crippen MR) is 104 cm³/mol. The van der Waals surface area contributed by atoms with Gasteiger partial charge in [0.1, 0.15) is 17.4 Å². The van der Waals surface area contributed by atoms with Crippen LogP contribution in [0.1, 0.15) is 66.2 Å². The van der Waals surface area contributed by atoms with Crippen molar-refractivity contribution < 1.29 is 8.91 Å². The molecule has 8 heteroatoms. The Bertz CT molecular complexity index is 977. The molecule has 0 spiro atoms. The van der Waals surface area contributed by atoms with Crippen molar-refractivity contribution in [1.29, 1.82) is 0 Å². The Morgan fingerprint density at radius 3 is 2.61 bits per heavy atom. The standard InChI is InChI=1S/C20H22FN5O.ClH/c1-12-8-17(25-27-12)13-2-4-14(5-3-13)20-24-23-19-11-22-10-15-9-16(21)6-7-18(15)26(19)20;/h6-9,13-14,22H,2-5,10-11H2,1H3;1H. The topological polar surface area (TPSA) is 68.8 Å². The molecule has 2 aliphatic rings. The monoisotopic (exact) mass is 403 g/mol. The van der Waals surface area contributed by atoms with Crippen LogP contribution in [0.4, 0.5) is 4.39 Å². The van der Waals surface area contributed by atoms with E-state index in [0.717, 1.165) is 60.0 Å². The van der Waals surface area contributed by atoms with Crippen molar-refractivity contribution in [2.24, 2.45) is 0 Å². The van der Waals surface area contributed by atoms with Crippen LogP contribution in [0.3, 0.4) is 0 Å². The van der Waals surface area contributed by atoms with Gasteiger partial charge in [0.05, 0.1) is 17.9 Å². The van der Waals surface area contributed by atoms with Crippen LogP contribution in [-0.2, 0) is 13.1 Å². The lowest BCUT2D eigenvalue weighted by molar-refractivity contribution is 0.347. The lowest BCUT2D eigenvalue weighted by atomic mass is 9.80. The van der Waals surface area contributed by atoms with Gasteiger partial charge in [0.25, 0.3) is 0 Å². The van der Waals surface area contributed by atoms with Crippen molar-refractivity contribution in [2.45, 2.75) is 57.5 Å². The molecule has 1 fully saturated rings. The first-order chi connectivity index (χ1) is 13.2. The van der Waals surface area contributed by atoms with Gasteiger partial charge in [-0.15, -0.1) is 22.6 Å². The van der Waals surface area contributed by atoms with E-state index in [1.165, 1.54) is 6.07 Å². The van der Waals surface area contributed by atoms with Gasteiger partial charge in [0.15, 0.2) is 5.82 Å². The summed E-state index contributed by atoms with van der Waals surface area (Å²) < 4.78 is 21.1. The third-order valence-electron chi connectivity index (χ3n) is 5.79. The van der Waals surface area contributed by atoms with E-state index in [9.17, 15) is 4.39 Å². The van der Waals surface area contributed by atoms with Crippen LogP contribution in [-0.4, -0.2) is 19.9 Å². The minimum absolute atomic E-state index is 0. The van der Waals surface area contributed by atoms with Crippen LogP contribution >= 0.6 is 12.4 Å². The van der Waals surface area contributed by atoms with Gasteiger partial charge in [0.2, 0.25) is 0 Å². The quantitative estimate of drug-likeness (QED) is 0.695. The van der Waals surface area contributed by atoms with Gasteiger partial charge in [-0.1, -0.05) is 5.16 Å². The number of aromatic nitrogens is 4.